The fraction of sp³-hybridized carbons (Fsp3) is 0.500. The van der Waals surface area contributed by atoms with Crippen molar-refractivity contribution in [1.82, 2.24) is 10.2 Å². The van der Waals surface area contributed by atoms with E-state index in [1.54, 1.807) is 11.3 Å². The van der Waals surface area contributed by atoms with E-state index in [1.165, 1.54) is 0 Å². The monoisotopic (exact) mass is 388 g/mol. The first-order valence-electron chi connectivity index (χ1n) is 9.45. The second-order valence-electron chi connectivity index (χ2n) is 7.18. The number of ether oxygens (including phenoxy) is 1. The number of nitrogens with one attached hydrogen (secondary N) is 1. The third kappa shape index (κ3) is 4.25. The molecule has 2 aromatic rings. The lowest BCUT2D eigenvalue weighted by molar-refractivity contribution is -0.140. The van der Waals surface area contributed by atoms with Crippen molar-refractivity contribution in [2.75, 3.05) is 26.2 Å². The molecule has 1 N–H and O–H groups in total. The summed E-state index contributed by atoms with van der Waals surface area (Å²) in [4.78, 5) is 27.4. The number of amides is 2. The molecule has 2 aliphatic rings. The van der Waals surface area contributed by atoms with Gasteiger partial charge in [-0.1, -0.05) is 6.07 Å². The van der Waals surface area contributed by atoms with Crippen LogP contribution in [-0.4, -0.2) is 48.6 Å². The number of hydrogen-bond donors (Lipinski definition) is 1. The fourth-order valence-electron chi connectivity index (χ4n) is 3.80. The summed E-state index contributed by atoms with van der Waals surface area (Å²) in [7, 11) is 0. The van der Waals surface area contributed by atoms with E-state index in [4.69, 9.17) is 9.15 Å². The zero-order chi connectivity index (χ0) is 18.7. The Hall–Kier alpha value is -2.12. The van der Waals surface area contributed by atoms with E-state index >= 15 is 0 Å². The predicted molar refractivity (Wildman–Crippen MR) is 102 cm³/mol. The Balaban J connectivity index is 1.28. The maximum atomic E-state index is 12.6. The zero-order valence-electron chi connectivity index (χ0n) is 15.2. The van der Waals surface area contributed by atoms with Gasteiger partial charge in [0.25, 0.3) is 0 Å². The van der Waals surface area contributed by atoms with Crippen molar-refractivity contribution in [2.45, 2.75) is 37.7 Å². The Labute approximate surface area is 162 Å². The van der Waals surface area contributed by atoms with E-state index in [0.717, 1.165) is 29.2 Å². The van der Waals surface area contributed by atoms with Crippen LogP contribution >= 0.6 is 11.3 Å². The van der Waals surface area contributed by atoms with E-state index in [0.29, 0.717) is 45.5 Å². The number of furan rings is 1. The van der Waals surface area contributed by atoms with E-state index < -0.39 is 5.60 Å². The number of rotatable bonds is 4. The quantitative estimate of drug-likeness (QED) is 0.874. The molecule has 0 bridgehead atoms. The van der Waals surface area contributed by atoms with Crippen molar-refractivity contribution >= 4 is 23.2 Å². The number of carbonyl (C=O) groups is 2. The highest BCUT2D eigenvalue weighted by Crippen LogP contribution is 2.31. The Morgan fingerprint density at radius 3 is 2.89 bits per heavy atom. The lowest BCUT2D eigenvalue weighted by Gasteiger charge is -2.40. The summed E-state index contributed by atoms with van der Waals surface area (Å²) in [5, 5.41) is 4.87. The SMILES string of the molecule is O=C1CC2(CCN(C(=O)CCc3ccc(-c4cccs4)o3)CC2)OCCN1. The summed E-state index contributed by atoms with van der Waals surface area (Å²) in [6, 6.07) is 7.94. The van der Waals surface area contributed by atoms with Gasteiger partial charge >= 0.3 is 0 Å². The molecule has 4 heterocycles. The van der Waals surface area contributed by atoms with Crippen molar-refractivity contribution < 1.29 is 18.7 Å². The molecule has 2 fully saturated rings. The first kappa shape index (κ1) is 18.3. The van der Waals surface area contributed by atoms with Gasteiger partial charge in [0, 0.05) is 32.5 Å². The van der Waals surface area contributed by atoms with E-state index in [1.807, 2.05) is 34.5 Å². The first-order chi connectivity index (χ1) is 13.1. The molecule has 0 aromatic carbocycles. The standard InChI is InChI=1S/C20H24N2O4S/c23-18-14-20(25-12-9-21-18)7-10-22(11-8-20)19(24)6-4-15-3-5-16(26-15)17-2-1-13-27-17/h1-3,5,13H,4,6-12,14H2,(H,21,23). The summed E-state index contributed by atoms with van der Waals surface area (Å²) in [5.74, 6) is 1.88. The van der Waals surface area contributed by atoms with Gasteiger partial charge in [-0.2, -0.15) is 0 Å². The summed E-state index contributed by atoms with van der Waals surface area (Å²) in [5.41, 5.74) is -0.395. The topological polar surface area (TPSA) is 71.8 Å². The molecule has 0 radical (unpaired) electrons. The van der Waals surface area contributed by atoms with Crippen LogP contribution in [0.15, 0.2) is 34.1 Å². The smallest absolute Gasteiger partial charge is 0.223 e. The lowest BCUT2D eigenvalue weighted by atomic mass is 9.87. The summed E-state index contributed by atoms with van der Waals surface area (Å²) in [6.07, 6.45) is 2.87. The lowest BCUT2D eigenvalue weighted by Crippen LogP contribution is -2.49. The predicted octanol–water partition coefficient (Wildman–Crippen LogP) is 2.84. The van der Waals surface area contributed by atoms with Crippen molar-refractivity contribution in [3.63, 3.8) is 0 Å². The first-order valence-corrected chi connectivity index (χ1v) is 10.3. The highest BCUT2D eigenvalue weighted by Gasteiger charge is 2.39. The van der Waals surface area contributed by atoms with Crippen molar-refractivity contribution in [3.8, 4) is 10.6 Å². The average Bonchev–Trinajstić information content (AvgIpc) is 3.32. The number of hydrogen-bond acceptors (Lipinski definition) is 5. The third-order valence-electron chi connectivity index (χ3n) is 5.35. The van der Waals surface area contributed by atoms with Crippen molar-refractivity contribution in [1.29, 1.82) is 0 Å². The second-order valence-corrected chi connectivity index (χ2v) is 8.13. The van der Waals surface area contributed by atoms with E-state index in [9.17, 15) is 9.59 Å². The highest BCUT2D eigenvalue weighted by molar-refractivity contribution is 7.13. The molecule has 2 saturated heterocycles. The van der Waals surface area contributed by atoms with Crippen LogP contribution < -0.4 is 5.32 Å². The van der Waals surface area contributed by atoms with Crippen LogP contribution in [0.1, 0.15) is 31.4 Å². The Morgan fingerprint density at radius 2 is 2.11 bits per heavy atom. The van der Waals surface area contributed by atoms with Crippen LogP contribution in [0.3, 0.4) is 0 Å². The minimum atomic E-state index is -0.395. The Morgan fingerprint density at radius 1 is 1.26 bits per heavy atom. The number of nitrogens with zero attached hydrogens (tertiary/aromatic N) is 1. The van der Waals surface area contributed by atoms with E-state index in [-0.39, 0.29) is 11.8 Å². The number of thiophene rings is 1. The molecule has 6 nitrogen and oxygen atoms in total. The molecule has 2 aliphatic heterocycles. The maximum Gasteiger partial charge on any atom is 0.223 e. The van der Waals surface area contributed by atoms with Crippen LogP contribution in [0.25, 0.3) is 10.6 Å². The zero-order valence-corrected chi connectivity index (χ0v) is 16.1. The maximum absolute atomic E-state index is 12.6. The van der Waals surface area contributed by atoms with Gasteiger partial charge in [-0.05, 0) is 36.4 Å². The van der Waals surface area contributed by atoms with Crippen LogP contribution in [-0.2, 0) is 20.7 Å². The van der Waals surface area contributed by atoms with Crippen LogP contribution in [0.5, 0.6) is 0 Å². The van der Waals surface area contributed by atoms with Gasteiger partial charge in [0.2, 0.25) is 11.8 Å². The van der Waals surface area contributed by atoms with Crippen LogP contribution in [0, 0.1) is 0 Å². The minimum Gasteiger partial charge on any atom is -0.460 e. The molecule has 27 heavy (non-hydrogen) atoms. The largest absolute Gasteiger partial charge is 0.460 e. The normalized spacial score (nSPS) is 19.7. The molecule has 1 spiro atoms. The van der Waals surface area contributed by atoms with Gasteiger partial charge in [0.05, 0.1) is 23.5 Å². The molecular formula is C20H24N2O4S. The molecular weight excluding hydrogens is 364 g/mol. The van der Waals surface area contributed by atoms with Gasteiger partial charge in [0.1, 0.15) is 11.5 Å². The summed E-state index contributed by atoms with van der Waals surface area (Å²) in [6.45, 7) is 2.40. The van der Waals surface area contributed by atoms with Gasteiger partial charge in [-0.15, -0.1) is 11.3 Å². The van der Waals surface area contributed by atoms with Crippen LogP contribution in [0.4, 0.5) is 0 Å². The van der Waals surface area contributed by atoms with Crippen molar-refractivity contribution in [2.24, 2.45) is 0 Å². The third-order valence-corrected chi connectivity index (χ3v) is 6.24. The number of likely N-dealkylation sites (tertiary alicyclic amines) is 1. The molecule has 0 aliphatic carbocycles. The molecule has 0 unspecified atom stereocenters. The molecule has 144 valence electrons. The average molecular weight is 388 g/mol. The van der Waals surface area contributed by atoms with Gasteiger partial charge in [-0.25, -0.2) is 0 Å². The Bertz CT molecular complexity index is 791. The summed E-state index contributed by atoms with van der Waals surface area (Å²) < 4.78 is 11.8. The highest BCUT2D eigenvalue weighted by atomic mass is 32.1. The van der Waals surface area contributed by atoms with Gasteiger partial charge in [-0.3, -0.25) is 9.59 Å². The molecule has 4 rings (SSSR count). The fourth-order valence-corrected chi connectivity index (χ4v) is 4.49. The van der Waals surface area contributed by atoms with Crippen molar-refractivity contribution in [3.05, 3.63) is 35.4 Å². The van der Waals surface area contributed by atoms with Gasteiger partial charge < -0.3 is 19.4 Å². The molecule has 0 atom stereocenters. The molecule has 7 heteroatoms. The number of carbonyl (C=O) groups excluding carboxylic acids is 2. The number of aryl methyl sites for hydroxylation is 1. The van der Waals surface area contributed by atoms with E-state index in [2.05, 4.69) is 5.32 Å². The minimum absolute atomic E-state index is 0.0478. The van der Waals surface area contributed by atoms with Crippen LogP contribution in [0.2, 0.25) is 0 Å². The molecule has 2 amide bonds. The summed E-state index contributed by atoms with van der Waals surface area (Å²) >= 11 is 1.64. The second kappa shape index (κ2) is 7.86. The Kier molecular flexibility index (Phi) is 5.31. The molecule has 0 saturated carbocycles. The molecule has 2 aromatic heterocycles. The number of piperidine rings is 1. The van der Waals surface area contributed by atoms with Gasteiger partial charge in [0.15, 0.2) is 0 Å².